The number of rotatable bonds is 1. The number of carbonyl (C=O) groups is 1. The van der Waals surface area contributed by atoms with Crippen LogP contribution in [0, 0.1) is 0 Å². The van der Waals surface area contributed by atoms with E-state index < -0.39 is 0 Å². The molecule has 0 bridgehead atoms. The Labute approximate surface area is 90.8 Å². The van der Waals surface area contributed by atoms with E-state index in [4.69, 9.17) is 0 Å². The first-order valence-electron chi connectivity index (χ1n) is 4.80. The Morgan fingerprint density at radius 3 is 3.12 bits per heavy atom. The maximum Gasteiger partial charge on any atom is 0.263 e. The maximum absolute atomic E-state index is 12.0. The molecule has 0 fully saturated rings. The molecule has 16 heavy (non-hydrogen) atoms. The lowest BCUT2D eigenvalue weighted by Crippen LogP contribution is -2.09. The minimum Gasteiger partial charge on any atom is -0.345 e. The zero-order valence-corrected chi connectivity index (χ0v) is 8.29. The second kappa shape index (κ2) is 3.30. The number of hydrogen-bond acceptors (Lipinski definition) is 3. The molecule has 0 amide bonds. The maximum atomic E-state index is 12.0. The minimum atomic E-state index is -0.103. The molecule has 3 aromatic rings. The van der Waals surface area contributed by atoms with Gasteiger partial charge in [-0.05, 0) is 18.2 Å². The first-order chi connectivity index (χ1) is 7.84. The van der Waals surface area contributed by atoms with E-state index in [1.165, 1.54) is 10.9 Å². The van der Waals surface area contributed by atoms with Crippen LogP contribution in [0.15, 0.2) is 43.2 Å². The second-order valence-corrected chi connectivity index (χ2v) is 3.41. The third-order valence-corrected chi connectivity index (χ3v) is 2.41. The van der Waals surface area contributed by atoms with E-state index in [1.807, 2.05) is 6.07 Å². The molecule has 78 valence electrons. The molecule has 0 aliphatic carbocycles. The van der Waals surface area contributed by atoms with Crippen LogP contribution in [0.4, 0.5) is 0 Å². The van der Waals surface area contributed by atoms with E-state index in [1.54, 1.807) is 30.9 Å². The van der Waals surface area contributed by atoms with E-state index in [-0.39, 0.29) is 5.91 Å². The van der Waals surface area contributed by atoms with Gasteiger partial charge in [0.15, 0.2) is 0 Å². The van der Waals surface area contributed by atoms with Gasteiger partial charge in [-0.15, -0.1) is 0 Å². The molecule has 0 saturated carbocycles. The van der Waals surface area contributed by atoms with Gasteiger partial charge in [0, 0.05) is 18.0 Å². The average Bonchev–Trinajstić information content (AvgIpc) is 2.98. The van der Waals surface area contributed by atoms with Gasteiger partial charge >= 0.3 is 0 Å². The van der Waals surface area contributed by atoms with Crippen molar-refractivity contribution in [1.82, 2.24) is 19.5 Å². The van der Waals surface area contributed by atoms with Crippen LogP contribution in [-0.4, -0.2) is 25.4 Å². The molecule has 0 unspecified atom stereocenters. The highest BCUT2D eigenvalue weighted by Crippen LogP contribution is 2.12. The first-order valence-corrected chi connectivity index (χ1v) is 4.80. The van der Waals surface area contributed by atoms with Crippen LogP contribution in [0.1, 0.15) is 10.4 Å². The highest BCUT2D eigenvalue weighted by molar-refractivity contribution is 5.98. The lowest BCUT2D eigenvalue weighted by Gasteiger charge is -2.00. The van der Waals surface area contributed by atoms with Crippen LogP contribution < -0.4 is 0 Å². The van der Waals surface area contributed by atoms with Crippen LogP contribution >= 0.6 is 0 Å². The Balaban J connectivity index is 2.09. The van der Waals surface area contributed by atoms with Gasteiger partial charge in [0.2, 0.25) is 0 Å². The number of imidazole rings is 2. The van der Waals surface area contributed by atoms with E-state index in [0.29, 0.717) is 5.56 Å². The van der Waals surface area contributed by atoms with Crippen LogP contribution in [0.25, 0.3) is 11.0 Å². The van der Waals surface area contributed by atoms with E-state index in [0.717, 1.165) is 11.0 Å². The Morgan fingerprint density at radius 2 is 2.31 bits per heavy atom. The fraction of sp³-hybridized carbons (Fsp3) is 0. The molecular formula is C11H8N4O. The fourth-order valence-corrected chi connectivity index (χ4v) is 1.60. The smallest absolute Gasteiger partial charge is 0.263 e. The third-order valence-electron chi connectivity index (χ3n) is 2.41. The third kappa shape index (κ3) is 1.30. The Morgan fingerprint density at radius 1 is 1.38 bits per heavy atom. The number of fused-ring (bicyclic) bond motifs is 1. The van der Waals surface area contributed by atoms with Gasteiger partial charge in [-0.1, -0.05) is 0 Å². The number of benzene rings is 1. The van der Waals surface area contributed by atoms with Gasteiger partial charge < -0.3 is 4.98 Å². The molecule has 2 heterocycles. The summed E-state index contributed by atoms with van der Waals surface area (Å²) in [5, 5.41) is 0. The van der Waals surface area contributed by atoms with E-state index >= 15 is 0 Å². The zero-order valence-electron chi connectivity index (χ0n) is 8.29. The summed E-state index contributed by atoms with van der Waals surface area (Å²) in [5.74, 6) is -0.103. The van der Waals surface area contributed by atoms with Gasteiger partial charge in [-0.3, -0.25) is 9.36 Å². The number of carbonyl (C=O) groups excluding carboxylic acids is 1. The number of H-pyrrole nitrogens is 1. The standard InChI is InChI=1S/C11H8N4O/c16-11(15-4-3-12-7-15)8-1-2-9-10(5-8)14-6-13-9/h1-7H,(H,13,14). The summed E-state index contributed by atoms with van der Waals surface area (Å²) in [5.41, 5.74) is 2.31. The van der Waals surface area contributed by atoms with Gasteiger partial charge in [0.1, 0.15) is 6.33 Å². The van der Waals surface area contributed by atoms with Crippen LogP contribution in [0.5, 0.6) is 0 Å². The van der Waals surface area contributed by atoms with Crippen molar-refractivity contribution < 1.29 is 4.79 Å². The Kier molecular flexibility index (Phi) is 1.83. The SMILES string of the molecule is O=C(c1ccc2nc[nH]c2c1)n1ccnc1. The largest absolute Gasteiger partial charge is 0.345 e. The number of hydrogen-bond donors (Lipinski definition) is 1. The van der Waals surface area contributed by atoms with Crippen molar-refractivity contribution in [3.05, 3.63) is 48.8 Å². The molecule has 2 aromatic heterocycles. The van der Waals surface area contributed by atoms with Gasteiger partial charge in [-0.2, -0.15) is 0 Å². The molecule has 1 aromatic carbocycles. The van der Waals surface area contributed by atoms with Crippen molar-refractivity contribution in [3.8, 4) is 0 Å². The topological polar surface area (TPSA) is 63.6 Å². The van der Waals surface area contributed by atoms with Crippen molar-refractivity contribution >= 4 is 16.9 Å². The van der Waals surface area contributed by atoms with Crippen LogP contribution in [0.3, 0.4) is 0 Å². The summed E-state index contributed by atoms with van der Waals surface area (Å²) < 4.78 is 1.44. The minimum absolute atomic E-state index is 0.103. The molecule has 3 rings (SSSR count). The number of aromatic amines is 1. The molecule has 5 nitrogen and oxygen atoms in total. The molecule has 0 saturated heterocycles. The molecule has 0 atom stereocenters. The summed E-state index contributed by atoms with van der Waals surface area (Å²) in [6.07, 6.45) is 6.29. The van der Waals surface area contributed by atoms with Crippen LogP contribution in [-0.2, 0) is 0 Å². The number of nitrogens with zero attached hydrogens (tertiary/aromatic N) is 3. The predicted molar refractivity (Wildman–Crippen MR) is 58.0 cm³/mol. The Hall–Kier alpha value is -2.43. The number of nitrogens with one attached hydrogen (secondary N) is 1. The van der Waals surface area contributed by atoms with Crippen molar-refractivity contribution in [2.24, 2.45) is 0 Å². The summed E-state index contributed by atoms with van der Waals surface area (Å²) in [4.78, 5) is 22.9. The summed E-state index contributed by atoms with van der Waals surface area (Å²) in [7, 11) is 0. The quantitative estimate of drug-likeness (QED) is 0.664. The van der Waals surface area contributed by atoms with Gasteiger partial charge in [0.25, 0.3) is 5.91 Å². The van der Waals surface area contributed by atoms with Gasteiger partial charge in [0.05, 0.1) is 17.4 Å². The van der Waals surface area contributed by atoms with Crippen molar-refractivity contribution in [1.29, 1.82) is 0 Å². The molecule has 0 spiro atoms. The second-order valence-electron chi connectivity index (χ2n) is 3.41. The highest BCUT2D eigenvalue weighted by Gasteiger charge is 2.08. The van der Waals surface area contributed by atoms with Crippen molar-refractivity contribution in [2.75, 3.05) is 0 Å². The van der Waals surface area contributed by atoms with Crippen molar-refractivity contribution in [2.45, 2.75) is 0 Å². The summed E-state index contributed by atoms with van der Waals surface area (Å²) in [6, 6.07) is 5.35. The molecule has 1 N–H and O–H groups in total. The Bertz CT molecular complexity index is 639. The zero-order chi connectivity index (χ0) is 11.0. The highest BCUT2D eigenvalue weighted by atomic mass is 16.2. The molecule has 0 radical (unpaired) electrons. The molecule has 0 aliphatic heterocycles. The fourth-order valence-electron chi connectivity index (χ4n) is 1.60. The lowest BCUT2D eigenvalue weighted by molar-refractivity contribution is 0.0960. The normalized spacial score (nSPS) is 10.8. The predicted octanol–water partition coefficient (Wildman–Crippen LogP) is 1.45. The molecule has 0 aliphatic rings. The van der Waals surface area contributed by atoms with Crippen LogP contribution in [0.2, 0.25) is 0 Å². The van der Waals surface area contributed by atoms with Gasteiger partial charge in [-0.25, -0.2) is 9.97 Å². The van der Waals surface area contributed by atoms with E-state index in [9.17, 15) is 4.79 Å². The lowest BCUT2D eigenvalue weighted by atomic mass is 10.2. The van der Waals surface area contributed by atoms with Crippen molar-refractivity contribution in [3.63, 3.8) is 0 Å². The molecule has 5 heteroatoms. The first kappa shape index (κ1) is 8.84. The van der Waals surface area contributed by atoms with E-state index in [2.05, 4.69) is 15.0 Å². The average molecular weight is 212 g/mol. The summed E-state index contributed by atoms with van der Waals surface area (Å²) >= 11 is 0. The number of aromatic nitrogens is 4. The monoisotopic (exact) mass is 212 g/mol. The summed E-state index contributed by atoms with van der Waals surface area (Å²) in [6.45, 7) is 0. The molecular weight excluding hydrogens is 204 g/mol.